The van der Waals surface area contributed by atoms with Gasteiger partial charge in [0.2, 0.25) is 0 Å². The van der Waals surface area contributed by atoms with Gasteiger partial charge in [0.25, 0.3) is 5.91 Å². The van der Waals surface area contributed by atoms with Gasteiger partial charge < -0.3 is 10.0 Å². The molecule has 144 valence electrons. The molecule has 0 spiro atoms. The minimum atomic E-state index is -0.765. The molecule has 0 atom stereocenters. The lowest BCUT2D eigenvalue weighted by molar-refractivity contribution is -0.138. The lowest BCUT2D eigenvalue weighted by atomic mass is 9.88. The van der Waals surface area contributed by atoms with E-state index in [4.69, 9.17) is 10.2 Å². The van der Waals surface area contributed by atoms with Gasteiger partial charge in [0.1, 0.15) is 0 Å². The molecule has 27 heavy (non-hydrogen) atoms. The average Bonchev–Trinajstić information content (AvgIpc) is 3.08. The molecule has 2 heterocycles. The Morgan fingerprint density at radius 1 is 1.15 bits per heavy atom. The van der Waals surface area contributed by atoms with Crippen molar-refractivity contribution >= 4 is 11.9 Å². The van der Waals surface area contributed by atoms with Gasteiger partial charge in [0.15, 0.2) is 0 Å². The van der Waals surface area contributed by atoms with Crippen LogP contribution < -0.4 is 0 Å². The van der Waals surface area contributed by atoms with Gasteiger partial charge in [-0.3, -0.25) is 9.59 Å². The third-order valence-corrected chi connectivity index (χ3v) is 5.04. The van der Waals surface area contributed by atoms with E-state index < -0.39 is 5.97 Å². The number of carboxylic acid groups (broad SMARTS) is 1. The molecule has 3 rings (SSSR count). The number of amides is 1. The van der Waals surface area contributed by atoms with Crippen LogP contribution in [0.4, 0.5) is 0 Å². The van der Waals surface area contributed by atoms with Gasteiger partial charge in [-0.25, -0.2) is 4.68 Å². The van der Waals surface area contributed by atoms with E-state index in [1.165, 1.54) is 0 Å². The lowest BCUT2D eigenvalue weighted by Crippen LogP contribution is -2.39. The molecule has 1 aliphatic rings. The zero-order valence-corrected chi connectivity index (χ0v) is 16.2. The lowest BCUT2D eigenvalue weighted by Gasteiger charge is -2.31. The van der Waals surface area contributed by atoms with Gasteiger partial charge in [-0.05, 0) is 30.9 Å². The number of carbonyl (C=O) groups is 2. The summed E-state index contributed by atoms with van der Waals surface area (Å²) in [5.74, 6) is -0.629. The number of aromatic nitrogens is 2. The van der Waals surface area contributed by atoms with Gasteiger partial charge in [-0.15, -0.1) is 0 Å². The van der Waals surface area contributed by atoms with E-state index in [0.717, 1.165) is 24.2 Å². The van der Waals surface area contributed by atoms with Crippen LogP contribution in [0.5, 0.6) is 0 Å². The highest BCUT2D eigenvalue weighted by atomic mass is 16.4. The topological polar surface area (TPSA) is 75.4 Å². The summed E-state index contributed by atoms with van der Waals surface area (Å²) in [4.78, 5) is 25.9. The number of benzene rings is 1. The molecule has 1 saturated heterocycles. The second kappa shape index (κ2) is 7.55. The van der Waals surface area contributed by atoms with Crippen LogP contribution in [-0.2, 0) is 10.2 Å². The van der Waals surface area contributed by atoms with Crippen LogP contribution in [0.15, 0.2) is 36.5 Å². The number of piperidine rings is 1. The fourth-order valence-corrected chi connectivity index (χ4v) is 3.55. The first-order valence-electron chi connectivity index (χ1n) is 9.42. The molecule has 1 aromatic carbocycles. The monoisotopic (exact) mass is 369 g/mol. The predicted octanol–water partition coefficient (Wildman–Crippen LogP) is 3.50. The third-order valence-electron chi connectivity index (χ3n) is 5.04. The summed E-state index contributed by atoms with van der Waals surface area (Å²) in [6.45, 7) is 7.36. The number of nitrogens with zero attached hydrogens (tertiary/aromatic N) is 3. The van der Waals surface area contributed by atoms with Crippen molar-refractivity contribution in [3.05, 3.63) is 47.8 Å². The molecule has 1 amide bonds. The number of likely N-dealkylation sites (tertiary alicyclic amines) is 1. The van der Waals surface area contributed by atoms with E-state index in [2.05, 4.69) is 20.8 Å². The molecule has 0 saturated carbocycles. The standard InChI is InChI=1S/C21H27N3O3/c1-21(2,3)19-17(14-24(22-19)16-7-5-4-6-8-16)20(27)23-11-9-15(10-12-23)13-18(25)26/h4-8,14-15H,9-13H2,1-3H3,(H,25,26). The second-order valence-corrected chi connectivity index (χ2v) is 8.25. The first-order valence-corrected chi connectivity index (χ1v) is 9.42. The molecule has 1 fully saturated rings. The van der Waals surface area contributed by atoms with Gasteiger partial charge in [-0.1, -0.05) is 39.0 Å². The Hall–Kier alpha value is -2.63. The van der Waals surface area contributed by atoms with E-state index in [1.54, 1.807) is 4.68 Å². The van der Waals surface area contributed by atoms with Crippen molar-refractivity contribution in [2.45, 2.75) is 45.4 Å². The Labute approximate surface area is 159 Å². The number of hydrogen-bond donors (Lipinski definition) is 1. The highest BCUT2D eigenvalue weighted by molar-refractivity contribution is 5.95. The minimum Gasteiger partial charge on any atom is -0.481 e. The Morgan fingerprint density at radius 3 is 2.33 bits per heavy atom. The fourth-order valence-electron chi connectivity index (χ4n) is 3.55. The first kappa shape index (κ1) is 19.1. The number of hydrogen-bond acceptors (Lipinski definition) is 3. The fraction of sp³-hybridized carbons (Fsp3) is 0.476. The molecule has 2 aromatic rings. The van der Waals surface area contributed by atoms with Crippen LogP contribution >= 0.6 is 0 Å². The molecule has 0 radical (unpaired) electrons. The maximum absolute atomic E-state index is 13.2. The van der Waals surface area contributed by atoms with Crippen LogP contribution in [-0.4, -0.2) is 44.8 Å². The van der Waals surface area contributed by atoms with Crippen LogP contribution in [0, 0.1) is 5.92 Å². The third kappa shape index (κ3) is 4.38. The molecule has 0 aliphatic carbocycles. The average molecular weight is 369 g/mol. The SMILES string of the molecule is CC(C)(C)c1nn(-c2ccccc2)cc1C(=O)N1CCC(CC(=O)O)CC1. The van der Waals surface area contributed by atoms with Crippen molar-refractivity contribution in [1.29, 1.82) is 0 Å². The van der Waals surface area contributed by atoms with Crippen LogP contribution in [0.2, 0.25) is 0 Å². The normalized spacial score (nSPS) is 15.7. The van der Waals surface area contributed by atoms with Gasteiger partial charge >= 0.3 is 5.97 Å². The van der Waals surface area contributed by atoms with E-state index in [-0.39, 0.29) is 23.7 Å². The summed E-state index contributed by atoms with van der Waals surface area (Å²) in [6, 6.07) is 9.77. The molecule has 1 aromatic heterocycles. The second-order valence-electron chi connectivity index (χ2n) is 8.25. The first-order chi connectivity index (χ1) is 12.8. The summed E-state index contributed by atoms with van der Waals surface area (Å²) >= 11 is 0. The molecule has 1 aliphatic heterocycles. The van der Waals surface area contributed by atoms with Crippen molar-refractivity contribution < 1.29 is 14.7 Å². The van der Waals surface area contributed by atoms with E-state index >= 15 is 0 Å². The molecule has 0 bridgehead atoms. The number of aliphatic carboxylic acids is 1. The van der Waals surface area contributed by atoms with E-state index in [0.29, 0.717) is 18.7 Å². The summed E-state index contributed by atoms with van der Waals surface area (Å²) in [6.07, 6.45) is 3.47. The summed E-state index contributed by atoms with van der Waals surface area (Å²) in [5.41, 5.74) is 2.07. The zero-order valence-electron chi connectivity index (χ0n) is 16.2. The maximum atomic E-state index is 13.2. The van der Waals surface area contributed by atoms with Crippen LogP contribution in [0.1, 0.15) is 56.1 Å². The smallest absolute Gasteiger partial charge is 0.303 e. The Balaban J connectivity index is 1.84. The van der Waals surface area contributed by atoms with Gasteiger partial charge in [0.05, 0.1) is 16.9 Å². The van der Waals surface area contributed by atoms with Crippen molar-refractivity contribution in [1.82, 2.24) is 14.7 Å². The number of carboxylic acids is 1. The van der Waals surface area contributed by atoms with Gasteiger partial charge in [-0.2, -0.15) is 5.10 Å². The van der Waals surface area contributed by atoms with E-state index in [1.807, 2.05) is 41.4 Å². The zero-order chi connectivity index (χ0) is 19.6. The van der Waals surface area contributed by atoms with Crippen molar-refractivity contribution in [3.8, 4) is 5.69 Å². The molecule has 0 unspecified atom stereocenters. The Bertz CT molecular complexity index is 813. The minimum absolute atomic E-state index is 0.0177. The van der Waals surface area contributed by atoms with Crippen LogP contribution in [0.3, 0.4) is 0 Å². The Morgan fingerprint density at radius 2 is 1.78 bits per heavy atom. The molecular weight excluding hydrogens is 342 g/mol. The molecular formula is C21H27N3O3. The summed E-state index contributed by atoms with van der Waals surface area (Å²) < 4.78 is 1.77. The highest BCUT2D eigenvalue weighted by Gasteiger charge is 2.31. The molecule has 6 heteroatoms. The van der Waals surface area contributed by atoms with Gasteiger partial charge in [0, 0.05) is 31.1 Å². The quantitative estimate of drug-likeness (QED) is 0.895. The molecule has 1 N–H and O–H groups in total. The number of carbonyl (C=O) groups excluding carboxylic acids is 1. The number of para-hydroxylation sites is 1. The van der Waals surface area contributed by atoms with Crippen molar-refractivity contribution in [2.24, 2.45) is 5.92 Å². The Kier molecular flexibility index (Phi) is 5.35. The largest absolute Gasteiger partial charge is 0.481 e. The van der Waals surface area contributed by atoms with Crippen molar-refractivity contribution in [3.63, 3.8) is 0 Å². The van der Waals surface area contributed by atoms with Crippen LogP contribution in [0.25, 0.3) is 5.69 Å². The summed E-state index contributed by atoms with van der Waals surface area (Å²) in [5, 5.41) is 13.7. The van der Waals surface area contributed by atoms with Crippen molar-refractivity contribution in [2.75, 3.05) is 13.1 Å². The van der Waals surface area contributed by atoms with E-state index in [9.17, 15) is 9.59 Å². The highest BCUT2D eigenvalue weighted by Crippen LogP contribution is 2.28. The number of rotatable bonds is 4. The maximum Gasteiger partial charge on any atom is 0.303 e. The predicted molar refractivity (Wildman–Crippen MR) is 103 cm³/mol. The summed E-state index contributed by atoms with van der Waals surface area (Å²) in [7, 11) is 0. The molecule has 6 nitrogen and oxygen atoms in total.